The topological polar surface area (TPSA) is 92.4 Å². The SMILES string of the molecule is NC1=CC=C[C](NCS(=O)(=O)O)C1. The van der Waals surface area contributed by atoms with Crippen LogP contribution in [0.25, 0.3) is 0 Å². The van der Waals surface area contributed by atoms with Crippen LogP contribution in [0, 0.1) is 6.04 Å². The Morgan fingerprint density at radius 1 is 1.62 bits per heavy atom. The number of nitrogens with two attached hydrogens (primary N) is 1. The van der Waals surface area contributed by atoms with Crippen LogP contribution >= 0.6 is 0 Å². The van der Waals surface area contributed by atoms with Gasteiger partial charge in [0.05, 0.1) is 6.04 Å². The van der Waals surface area contributed by atoms with Gasteiger partial charge < -0.3 is 5.73 Å². The summed E-state index contributed by atoms with van der Waals surface area (Å²) in [5.74, 6) is -0.486. The van der Waals surface area contributed by atoms with E-state index in [1.807, 2.05) is 0 Å². The van der Waals surface area contributed by atoms with E-state index in [2.05, 4.69) is 5.32 Å². The molecule has 0 spiro atoms. The van der Waals surface area contributed by atoms with Crippen molar-refractivity contribution in [2.24, 2.45) is 5.73 Å². The summed E-state index contributed by atoms with van der Waals surface area (Å²) >= 11 is 0. The standard InChI is InChI=1S/C7H11N2O3S/c8-6-2-1-3-7(4-6)9-5-13(10,11)12/h1-3,9H,4-5,8H2,(H,10,11,12). The highest BCUT2D eigenvalue weighted by atomic mass is 32.2. The Hall–Kier alpha value is -0.850. The van der Waals surface area contributed by atoms with Crippen molar-refractivity contribution in [2.75, 3.05) is 5.88 Å². The van der Waals surface area contributed by atoms with Crippen LogP contribution in [0.2, 0.25) is 0 Å². The third-order valence-electron chi connectivity index (χ3n) is 1.48. The van der Waals surface area contributed by atoms with E-state index in [1.165, 1.54) is 0 Å². The van der Waals surface area contributed by atoms with E-state index >= 15 is 0 Å². The van der Waals surface area contributed by atoms with Crippen LogP contribution in [0.5, 0.6) is 0 Å². The Morgan fingerprint density at radius 3 is 2.85 bits per heavy atom. The van der Waals surface area contributed by atoms with Crippen LogP contribution in [0.3, 0.4) is 0 Å². The fourth-order valence-electron chi connectivity index (χ4n) is 0.931. The highest BCUT2D eigenvalue weighted by Crippen LogP contribution is 2.13. The van der Waals surface area contributed by atoms with Gasteiger partial charge >= 0.3 is 0 Å². The van der Waals surface area contributed by atoms with E-state index in [0.29, 0.717) is 18.2 Å². The van der Waals surface area contributed by atoms with Crippen molar-refractivity contribution in [3.63, 3.8) is 0 Å². The second-order valence-electron chi connectivity index (χ2n) is 2.71. The molecule has 0 fully saturated rings. The quantitative estimate of drug-likeness (QED) is 0.550. The maximum atomic E-state index is 10.4. The number of allylic oxidation sites excluding steroid dienone is 2. The van der Waals surface area contributed by atoms with Crippen LogP contribution in [-0.4, -0.2) is 18.8 Å². The fraction of sp³-hybridized carbons (Fsp3) is 0.286. The van der Waals surface area contributed by atoms with Gasteiger partial charge in [0.1, 0.15) is 5.88 Å². The smallest absolute Gasteiger partial charge is 0.278 e. The van der Waals surface area contributed by atoms with Gasteiger partial charge in [-0.2, -0.15) is 8.42 Å². The molecule has 1 radical (unpaired) electrons. The molecule has 1 aliphatic carbocycles. The first-order chi connectivity index (χ1) is 5.97. The summed E-state index contributed by atoms with van der Waals surface area (Å²) in [5, 5.41) is 2.56. The minimum absolute atomic E-state index is 0.478. The summed E-state index contributed by atoms with van der Waals surface area (Å²) in [4.78, 5) is 0. The molecule has 0 aliphatic heterocycles. The number of hydrogen-bond acceptors (Lipinski definition) is 4. The van der Waals surface area contributed by atoms with Crippen LogP contribution in [0.1, 0.15) is 6.42 Å². The van der Waals surface area contributed by atoms with E-state index in [9.17, 15) is 8.42 Å². The Kier molecular flexibility index (Phi) is 3.07. The zero-order valence-corrected chi connectivity index (χ0v) is 7.71. The summed E-state index contributed by atoms with van der Waals surface area (Å²) < 4.78 is 29.2. The monoisotopic (exact) mass is 203 g/mol. The van der Waals surface area contributed by atoms with Crippen molar-refractivity contribution in [1.82, 2.24) is 5.32 Å². The van der Waals surface area contributed by atoms with Crippen molar-refractivity contribution in [1.29, 1.82) is 0 Å². The predicted octanol–water partition coefficient (Wildman–Crippen LogP) is -0.244. The van der Waals surface area contributed by atoms with Gasteiger partial charge in [0.25, 0.3) is 10.1 Å². The van der Waals surface area contributed by atoms with Gasteiger partial charge in [-0.1, -0.05) is 12.2 Å². The summed E-state index contributed by atoms with van der Waals surface area (Å²) in [5.41, 5.74) is 6.15. The van der Waals surface area contributed by atoms with Gasteiger partial charge in [0.15, 0.2) is 0 Å². The van der Waals surface area contributed by atoms with Crippen LogP contribution in [0.15, 0.2) is 23.9 Å². The molecule has 0 heterocycles. The first-order valence-electron chi connectivity index (χ1n) is 3.65. The molecule has 1 aliphatic rings. The van der Waals surface area contributed by atoms with Crippen molar-refractivity contribution in [3.05, 3.63) is 30.0 Å². The summed E-state index contributed by atoms with van der Waals surface area (Å²) in [6.07, 6.45) is 5.64. The lowest BCUT2D eigenvalue weighted by molar-refractivity contribution is 0.477. The molecular weight excluding hydrogens is 192 g/mol. The van der Waals surface area contributed by atoms with Crippen LogP contribution in [0.4, 0.5) is 0 Å². The molecule has 0 aromatic carbocycles. The number of hydrogen-bond donors (Lipinski definition) is 3. The Balaban J connectivity index is 2.41. The molecule has 0 saturated heterocycles. The molecule has 0 aromatic heterocycles. The predicted molar refractivity (Wildman–Crippen MR) is 48.8 cm³/mol. The fourth-order valence-corrected chi connectivity index (χ4v) is 1.30. The number of nitrogens with one attached hydrogen (secondary N) is 1. The van der Waals surface area contributed by atoms with Gasteiger partial charge in [0.2, 0.25) is 0 Å². The lowest BCUT2D eigenvalue weighted by Gasteiger charge is -2.15. The summed E-state index contributed by atoms with van der Waals surface area (Å²) in [6, 6.07) is 0.678. The van der Waals surface area contributed by atoms with E-state index in [-0.39, 0.29) is 0 Å². The normalized spacial score (nSPS) is 18.7. The van der Waals surface area contributed by atoms with Crippen LogP contribution < -0.4 is 11.1 Å². The highest BCUT2D eigenvalue weighted by Gasteiger charge is 2.12. The van der Waals surface area contributed by atoms with Crippen molar-refractivity contribution >= 4 is 10.1 Å². The average molecular weight is 203 g/mol. The molecule has 0 unspecified atom stereocenters. The van der Waals surface area contributed by atoms with Crippen LogP contribution in [-0.2, 0) is 10.1 Å². The van der Waals surface area contributed by atoms with Gasteiger partial charge in [-0.15, -0.1) is 0 Å². The minimum atomic E-state index is -3.97. The Labute approximate surface area is 77.1 Å². The molecule has 0 atom stereocenters. The lowest BCUT2D eigenvalue weighted by atomic mass is 10.1. The summed E-state index contributed by atoms with van der Waals surface area (Å²) in [6.45, 7) is 0. The minimum Gasteiger partial charge on any atom is -0.402 e. The molecule has 73 valence electrons. The third-order valence-corrected chi connectivity index (χ3v) is 1.99. The first kappa shape index (κ1) is 10.2. The number of rotatable bonds is 3. The van der Waals surface area contributed by atoms with Gasteiger partial charge in [-0.05, 0) is 6.08 Å². The van der Waals surface area contributed by atoms with E-state index < -0.39 is 16.0 Å². The molecule has 0 bridgehead atoms. The molecule has 6 heteroatoms. The molecule has 13 heavy (non-hydrogen) atoms. The second-order valence-corrected chi connectivity index (χ2v) is 4.16. The van der Waals surface area contributed by atoms with Gasteiger partial charge in [-0.3, -0.25) is 9.87 Å². The molecular formula is C7H11N2O3S. The zero-order chi connectivity index (χ0) is 9.90. The molecule has 4 N–H and O–H groups in total. The van der Waals surface area contributed by atoms with Gasteiger partial charge in [0, 0.05) is 12.1 Å². The first-order valence-corrected chi connectivity index (χ1v) is 5.26. The molecule has 0 aromatic rings. The molecule has 0 amide bonds. The summed E-state index contributed by atoms with van der Waals surface area (Å²) in [7, 11) is -3.97. The van der Waals surface area contributed by atoms with Crippen molar-refractivity contribution in [2.45, 2.75) is 6.42 Å². The lowest BCUT2D eigenvalue weighted by Crippen LogP contribution is -2.28. The molecule has 5 nitrogen and oxygen atoms in total. The van der Waals surface area contributed by atoms with Gasteiger partial charge in [-0.25, -0.2) is 0 Å². The third kappa shape index (κ3) is 4.07. The van der Waals surface area contributed by atoms with Crippen molar-refractivity contribution < 1.29 is 13.0 Å². The Morgan fingerprint density at radius 2 is 2.31 bits per heavy atom. The Bertz CT molecular complexity index is 332. The van der Waals surface area contributed by atoms with Crippen molar-refractivity contribution in [3.8, 4) is 0 Å². The van der Waals surface area contributed by atoms with E-state index in [4.69, 9.17) is 10.3 Å². The highest BCUT2D eigenvalue weighted by molar-refractivity contribution is 7.85. The maximum absolute atomic E-state index is 10.4. The molecule has 0 saturated carbocycles. The maximum Gasteiger partial charge on any atom is 0.278 e. The average Bonchev–Trinajstić information content (AvgIpc) is 2.00. The molecule has 1 rings (SSSR count). The second kappa shape index (κ2) is 3.91. The van der Waals surface area contributed by atoms with E-state index in [1.54, 1.807) is 18.2 Å². The van der Waals surface area contributed by atoms with E-state index in [0.717, 1.165) is 0 Å². The largest absolute Gasteiger partial charge is 0.402 e. The zero-order valence-electron chi connectivity index (χ0n) is 6.90.